The van der Waals surface area contributed by atoms with E-state index in [9.17, 15) is 4.79 Å². The van der Waals surface area contributed by atoms with E-state index in [4.69, 9.17) is 0 Å². The summed E-state index contributed by atoms with van der Waals surface area (Å²) in [6.07, 6.45) is 0. The van der Waals surface area contributed by atoms with E-state index in [0.29, 0.717) is 10.8 Å². The molecule has 0 spiro atoms. The molecule has 0 saturated heterocycles. The maximum absolute atomic E-state index is 11.5. The van der Waals surface area contributed by atoms with Crippen molar-refractivity contribution in [2.75, 3.05) is 12.4 Å². The Hall–Kier alpha value is -1.40. The van der Waals surface area contributed by atoms with Crippen molar-refractivity contribution in [1.82, 2.24) is 4.98 Å². The molecule has 0 amide bonds. The Kier molecular flexibility index (Phi) is 4.21. The number of hydrogen-bond acceptors (Lipinski definition) is 5. The second-order valence-corrected chi connectivity index (χ2v) is 6.06. The maximum Gasteiger partial charge on any atom is 0.357 e. The van der Waals surface area contributed by atoms with Crippen molar-refractivity contribution < 1.29 is 9.53 Å². The summed E-state index contributed by atoms with van der Waals surface area (Å²) in [6.45, 7) is 3.87. The van der Waals surface area contributed by atoms with Gasteiger partial charge in [0, 0.05) is 15.0 Å². The van der Waals surface area contributed by atoms with Gasteiger partial charge in [-0.1, -0.05) is 15.9 Å². The molecule has 19 heavy (non-hydrogen) atoms. The highest BCUT2D eigenvalue weighted by Crippen LogP contribution is 2.27. The summed E-state index contributed by atoms with van der Waals surface area (Å²) in [7, 11) is 1.35. The molecule has 0 unspecified atom stereocenters. The number of aromatic nitrogens is 1. The molecule has 0 aliphatic heterocycles. The third-order valence-electron chi connectivity index (χ3n) is 2.58. The topological polar surface area (TPSA) is 51.2 Å². The number of rotatable bonds is 3. The summed E-state index contributed by atoms with van der Waals surface area (Å²) in [5, 5.41) is 3.87. The number of methoxy groups -OCH3 is 1. The first-order chi connectivity index (χ1) is 9.01. The molecule has 0 fully saturated rings. The number of carbonyl (C=O) groups is 1. The van der Waals surface area contributed by atoms with Gasteiger partial charge in [0.1, 0.15) is 0 Å². The molecule has 0 bridgehead atoms. The van der Waals surface area contributed by atoms with Gasteiger partial charge in [-0.2, -0.15) is 0 Å². The third-order valence-corrected chi connectivity index (χ3v) is 4.36. The zero-order valence-electron chi connectivity index (χ0n) is 10.8. The number of ether oxygens (including phenoxy) is 1. The molecule has 4 nitrogen and oxygen atoms in total. The lowest BCUT2D eigenvalue weighted by atomic mass is 10.2. The number of nitrogens with one attached hydrogen (secondary N) is 1. The number of thiazole rings is 1. The first kappa shape index (κ1) is 14.0. The molecule has 0 aliphatic carbocycles. The average molecular weight is 341 g/mol. The minimum atomic E-state index is -0.409. The summed E-state index contributed by atoms with van der Waals surface area (Å²) >= 11 is 4.89. The molecule has 2 rings (SSSR count). The van der Waals surface area contributed by atoms with Crippen LogP contribution in [0.3, 0.4) is 0 Å². The smallest absolute Gasteiger partial charge is 0.357 e. The molecule has 0 saturated carbocycles. The van der Waals surface area contributed by atoms with Crippen LogP contribution in [-0.2, 0) is 4.74 Å². The Morgan fingerprint density at radius 2 is 2.16 bits per heavy atom. The van der Waals surface area contributed by atoms with Gasteiger partial charge in [-0.15, -0.1) is 11.3 Å². The highest BCUT2D eigenvalue weighted by atomic mass is 79.9. The van der Waals surface area contributed by atoms with Crippen molar-refractivity contribution >= 4 is 44.1 Å². The summed E-state index contributed by atoms with van der Waals surface area (Å²) in [4.78, 5) is 16.6. The predicted octanol–water partition coefficient (Wildman–Crippen LogP) is 4.05. The van der Waals surface area contributed by atoms with Crippen molar-refractivity contribution in [2.45, 2.75) is 13.8 Å². The van der Waals surface area contributed by atoms with Crippen LogP contribution in [0.25, 0.3) is 0 Å². The van der Waals surface area contributed by atoms with E-state index >= 15 is 0 Å². The van der Waals surface area contributed by atoms with Gasteiger partial charge in [0.05, 0.1) is 7.11 Å². The first-order valence-corrected chi connectivity index (χ1v) is 7.21. The Bertz CT molecular complexity index is 625. The first-order valence-electron chi connectivity index (χ1n) is 5.60. The lowest BCUT2D eigenvalue weighted by Gasteiger charge is -2.04. The van der Waals surface area contributed by atoms with E-state index in [-0.39, 0.29) is 0 Å². The van der Waals surface area contributed by atoms with Gasteiger partial charge in [-0.05, 0) is 37.6 Å². The number of aryl methyl sites for hydroxylation is 2. The van der Waals surface area contributed by atoms with E-state index in [2.05, 4.69) is 31.0 Å². The molecule has 0 atom stereocenters. The molecule has 0 aliphatic rings. The van der Waals surface area contributed by atoms with Gasteiger partial charge in [0.25, 0.3) is 0 Å². The monoisotopic (exact) mass is 340 g/mol. The molecule has 100 valence electrons. The van der Waals surface area contributed by atoms with Gasteiger partial charge >= 0.3 is 5.97 Å². The van der Waals surface area contributed by atoms with Crippen LogP contribution in [0.2, 0.25) is 0 Å². The maximum atomic E-state index is 11.5. The van der Waals surface area contributed by atoms with Gasteiger partial charge in [-0.25, -0.2) is 9.78 Å². The fraction of sp³-hybridized carbons (Fsp3) is 0.231. The van der Waals surface area contributed by atoms with Crippen LogP contribution in [0.5, 0.6) is 0 Å². The van der Waals surface area contributed by atoms with E-state index < -0.39 is 5.97 Å². The molecular weight excluding hydrogens is 328 g/mol. The lowest BCUT2D eigenvalue weighted by molar-refractivity contribution is 0.0594. The van der Waals surface area contributed by atoms with Gasteiger partial charge in [0.2, 0.25) is 0 Å². The van der Waals surface area contributed by atoms with Crippen molar-refractivity contribution in [3.8, 4) is 0 Å². The third kappa shape index (κ3) is 3.13. The summed E-state index contributed by atoms with van der Waals surface area (Å²) < 4.78 is 5.75. The molecular formula is C13H13BrN2O2S. The Balaban J connectivity index is 2.24. The number of benzene rings is 1. The van der Waals surface area contributed by atoms with Crippen molar-refractivity contribution in [3.63, 3.8) is 0 Å². The normalized spacial score (nSPS) is 10.3. The zero-order valence-corrected chi connectivity index (χ0v) is 13.2. The number of hydrogen-bond donors (Lipinski definition) is 1. The van der Waals surface area contributed by atoms with Crippen LogP contribution < -0.4 is 5.32 Å². The zero-order chi connectivity index (χ0) is 14.0. The van der Waals surface area contributed by atoms with Crippen molar-refractivity contribution in [1.29, 1.82) is 0 Å². The molecule has 2 aromatic rings. The number of carbonyl (C=O) groups excluding carboxylic acids is 1. The van der Waals surface area contributed by atoms with E-state index in [0.717, 1.165) is 20.6 Å². The van der Waals surface area contributed by atoms with Crippen molar-refractivity contribution in [3.05, 3.63) is 38.8 Å². The number of anilines is 2. The van der Waals surface area contributed by atoms with Crippen LogP contribution in [0.1, 0.15) is 20.9 Å². The van der Waals surface area contributed by atoms with Gasteiger partial charge < -0.3 is 10.1 Å². The average Bonchev–Trinajstić information content (AvgIpc) is 2.74. The molecule has 1 aromatic carbocycles. The van der Waals surface area contributed by atoms with Gasteiger partial charge in [-0.3, -0.25) is 0 Å². The standard InChI is InChI=1S/C13H13BrN2O2S/c1-7-6-9(4-5-10(7)14)15-13-16-11(8(2)19-13)12(17)18-3/h4-6H,1-3H3,(H,15,16). The highest BCUT2D eigenvalue weighted by Gasteiger charge is 2.15. The fourth-order valence-corrected chi connectivity index (χ4v) is 2.65. The minimum absolute atomic E-state index is 0.365. The second-order valence-electron chi connectivity index (χ2n) is 4.00. The molecule has 1 N–H and O–H groups in total. The molecule has 1 aromatic heterocycles. The SMILES string of the molecule is COC(=O)c1nc(Nc2ccc(Br)c(C)c2)sc1C. The van der Waals surface area contributed by atoms with Crippen LogP contribution in [0, 0.1) is 13.8 Å². The van der Waals surface area contributed by atoms with Crippen LogP contribution in [-0.4, -0.2) is 18.1 Å². The molecule has 0 radical (unpaired) electrons. The number of halogens is 1. The summed E-state index contributed by atoms with van der Waals surface area (Å²) in [5.74, 6) is -0.409. The highest BCUT2D eigenvalue weighted by molar-refractivity contribution is 9.10. The summed E-state index contributed by atoms with van der Waals surface area (Å²) in [5.41, 5.74) is 2.43. The predicted molar refractivity (Wildman–Crippen MR) is 80.4 cm³/mol. The minimum Gasteiger partial charge on any atom is -0.464 e. The Morgan fingerprint density at radius 3 is 2.79 bits per heavy atom. The van der Waals surface area contributed by atoms with Crippen LogP contribution in [0.15, 0.2) is 22.7 Å². The van der Waals surface area contributed by atoms with E-state index in [1.165, 1.54) is 18.4 Å². The fourth-order valence-electron chi connectivity index (χ4n) is 1.58. The lowest BCUT2D eigenvalue weighted by Crippen LogP contribution is -2.03. The largest absolute Gasteiger partial charge is 0.464 e. The number of esters is 1. The Labute approximate surface area is 124 Å². The van der Waals surface area contributed by atoms with Crippen molar-refractivity contribution in [2.24, 2.45) is 0 Å². The van der Waals surface area contributed by atoms with Gasteiger partial charge in [0.15, 0.2) is 10.8 Å². The van der Waals surface area contributed by atoms with Crippen LogP contribution in [0.4, 0.5) is 10.8 Å². The molecule has 6 heteroatoms. The van der Waals surface area contributed by atoms with E-state index in [1.807, 2.05) is 32.0 Å². The number of nitrogens with zero attached hydrogens (tertiary/aromatic N) is 1. The quantitative estimate of drug-likeness (QED) is 0.856. The Morgan fingerprint density at radius 1 is 1.42 bits per heavy atom. The summed E-state index contributed by atoms with van der Waals surface area (Å²) in [6, 6.07) is 5.93. The second kappa shape index (κ2) is 5.71. The van der Waals surface area contributed by atoms with Crippen LogP contribution >= 0.6 is 27.3 Å². The van der Waals surface area contributed by atoms with E-state index in [1.54, 1.807) is 0 Å². The molecule has 1 heterocycles.